The highest BCUT2D eigenvalue weighted by Gasteiger charge is 2.24. The van der Waals surface area contributed by atoms with Crippen LogP contribution >= 0.6 is 0 Å². The summed E-state index contributed by atoms with van der Waals surface area (Å²) in [5, 5.41) is 3.39. The number of carbonyl (C=O) groups excluding carboxylic acids is 1. The third-order valence-corrected chi connectivity index (χ3v) is 4.92. The van der Waals surface area contributed by atoms with Crippen LogP contribution in [-0.2, 0) is 11.3 Å². The van der Waals surface area contributed by atoms with Gasteiger partial charge in [-0.2, -0.15) is 0 Å². The van der Waals surface area contributed by atoms with Crippen LogP contribution in [0.1, 0.15) is 31.7 Å². The normalized spacial score (nSPS) is 16.4. The van der Waals surface area contributed by atoms with Gasteiger partial charge in [0.2, 0.25) is 5.91 Å². The molecule has 4 heteroatoms. The molecule has 4 nitrogen and oxygen atoms in total. The summed E-state index contributed by atoms with van der Waals surface area (Å²) >= 11 is 0. The van der Waals surface area contributed by atoms with Crippen molar-refractivity contribution in [1.29, 1.82) is 0 Å². The van der Waals surface area contributed by atoms with Crippen molar-refractivity contribution < 1.29 is 9.53 Å². The highest BCUT2D eigenvalue weighted by molar-refractivity contribution is 5.76. The summed E-state index contributed by atoms with van der Waals surface area (Å²) in [5.74, 6) is 2.14. The summed E-state index contributed by atoms with van der Waals surface area (Å²) in [6.07, 6.45) is 4.77. The van der Waals surface area contributed by atoms with E-state index < -0.39 is 0 Å². The maximum atomic E-state index is 12.8. The van der Waals surface area contributed by atoms with Gasteiger partial charge in [0.15, 0.2) is 0 Å². The Labute approximate surface area is 145 Å². The van der Waals surface area contributed by atoms with Crippen molar-refractivity contribution in [2.75, 3.05) is 26.7 Å². The number of hydrogen-bond donors (Lipinski definition) is 1. The van der Waals surface area contributed by atoms with E-state index in [-0.39, 0.29) is 5.91 Å². The topological polar surface area (TPSA) is 41.6 Å². The maximum Gasteiger partial charge on any atom is 0.223 e. The van der Waals surface area contributed by atoms with Gasteiger partial charge in [-0.1, -0.05) is 25.1 Å². The third kappa shape index (κ3) is 5.38. The summed E-state index contributed by atoms with van der Waals surface area (Å²) in [5.41, 5.74) is 1.11. The molecule has 0 aliphatic carbocycles. The van der Waals surface area contributed by atoms with E-state index >= 15 is 0 Å². The van der Waals surface area contributed by atoms with Gasteiger partial charge in [0.1, 0.15) is 5.75 Å². The first-order valence-electron chi connectivity index (χ1n) is 8.86. The smallest absolute Gasteiger partial charge is 0.223 e. The van der Waals surface area contributed by atoms with Crippen LogP contribution in [0.2, 0.25) is 0 Å². The van der Waals surface area contributed by atoms with Crippen molar-refractivity contribution in [3.8, 4) is 5.75 Å². The average Bonchev–Trinajstić information content (AvgIpc) is 2.62. The van der Waals surface area contributed by atoms with E-state index in [1.165, 1.54) is 12.8 Å². The van der Waals surface area contributed by atoms with Crippen molar-refractivity contribution >= 4 is 5.91 Å². The Morgan fingerprint density at radius 3 is 2.62 bits per heavy atom. The molecule has 1 heterocycles. The number of hydrogen-bond acceptors (Lipinski definition) is 3. The second-order valence-corrected chi connectivity index (χ2v) is 6.68. The highest BCUT2D eigenvalue weighted by atomic mass is 16.5. The van der Waals surface area contributed by atoms with Gasteiger partial charge < -0.3 is 15.0 Å². The van der Waals surface area contributed by atoms with Gasteiger partial charge in [0.05, 0.1) is 7.11 Å². The minimum Gasteiger partial charge on any atom is -0.497 e. The number of nitrogens with zero attached hydrogens (tertiary/aromatic N) is 1. The third-order valence-electron chi connectivity index (χ3n) is 4.92. The molecule has 2 rings (SSSR count). The molecule has 1 aliphatic heterocycles. The maximum absolute atomic E-state index is 12.8. The van der Waals surface area contributed by atoms with E-state index in [1.807, 2.05) is 29.2 Å². The average molecular weight is 330 g/mol. The molecule has 0 radical (unpaired) electrons. The fourth-order valence-electron chi connectivity index (χ4n) is 3.35. The van der Waals surface area contributed by atoms with Gasteiger partial charge in [-0.15, -0.1) is 6.58 Å². The molecule has 132 valence electrons. The largest absolute Gasteiger partial charge is 0.497 e. The number of piperidine rings is 1. The zero-order chi connectivity index (χ0) is 17.4. The van der Waals surface area contributed by atoms with Crippen molar-refractivity contribution in [1.82, 2.24) is 10.2 Å². The zero-order valence-corrected chi connectivity index (χ0v) is 15.0. The van der Waals surface area contributed by atoms with E-state index in [4.69, 9.17) is 4.74 Å². The van der Waals surface area contributed by atoms with Crippen LogP contribution < -0.4 is 10.1 Å². The minimum absolute atomic E-state index is 0.219. The zero-order valence-electron chi connectivity index (χ0n) is 15.0. The Morgan fingerprint density at radius 2 is 2.04 bits per heavy atom. The molecule has 24 heavy (non-hydrogen) atoms. The molecule has 1 aliphatic rings. The molecule has 1 N–H and O–H groups in total. The predicted molar refractivity (Wildman–Crippen MR) is 98.0 cm³/mol. The number of rotatable bonds is 8. The molecule has 0 saturated carbocycles. The van der Waals surface area contributed by atoms with E-state index in [0.29, 0.717) is 31.3 Å². The van der Waals surface area contributed by atoms with E-state index in [2.05, 4.69) is 18.8 Å². The molecule has 1 fully saturated rings. The van der Waals surface area contributed by atoms with Crippen LogP contribution in [0.5, 0.6) is 5.75 Å². The number of nitrogens with one attached hydrogen (secondary N) is 1. The first-order valence-corrected chi connectivity index (χ1v) is 8.86. The van der Waals surface area contributed by atoms with Crippen LogP contribution in [0.25, 0.3) is 0 Å². The van der Waals surface area contributed by atoms with E-state index in [1.54, 1.807) is 13.2 Å². The van der Waals surface area contributed by atoms with Gasteiger partial charge in [0, 0.05) is 19.5 Å². The lowest BCUT2D eigenvalue weighted by molar-refractivity contribution is -0.132. The molecule has 0 spiro atoms. The molecule has 1 unspecified atom stereocenters. The fourth-order valence-corrected chi connectivity index (χ4v) is 3.35. The van der Waals surface area contributed by atoms with Gasteiger partial charge in [-0.3, -0.25) is 4.79 Å². The Kier molecular flexibility index (Phi) is 7.32. The lowest BCUT2D eigenvalue weighted by Crippen LogP contribution is -2.35. The van der Waals surface area contributed by atoms with Crippen molar-refractivity contribution in [2.24, 2.45) is 11.8 Å². The Bertz CT molecular complexity index is 521. The van der Waals surface area contributed by atoms with Crippen LogP contribution in [0.4, 0.5) is 0 Å². The summed E-state index contributed by atoms with van der Waals surface area (Å²) in [6.45, 7) is 9.37. The minimum atomic E-state index is 0.219. The fraction of sp³-hybridized carbons (Fsp3) is 0.550. The molecule has 1 aromatic rings. The van der Waals surface area contributed by atoms with Gasteiger partial charge in [-0.05, 0) is 55.5 Å². The van der Waals surface area contributed by atoms with Crippen LogP contribution in [0.3, 0.4) is 0 Å². The first-order chi connectivity index (χ1) is 11.6. The van der Waals surface area contributed by atoms with Crippen molar-refractivity contribution in [2.45, 2.75) is 32.7 Å². The molecule has 1 saturated heterocycles. The number of ether oxygens (including phenoxy) is 1. The van der Waals surface area contributed by atoms with E-state index in [9.17, 15) is 4.79 Å². The van der Waals surface area contributed by atoms with Crippen LogP contribution in [-0.4, -0.2) is 37.6 Å². The lowest BCUT2D eigenvalue weighted by atomic mass is 9.84. The summed E-state index contributed by atoms with van der Waals surface area (Å²) in [7, 11) is 1.66. The Morgan fingerprint density at radius 1 is 1.38 bits per heavy atom. The molecule has 0 bridgehead atoms. The lowest BCUT2D eigenvalue weighted by Gasteiger charge is -2.30. The van der Waals surface area contributed by atoms with Gasteiger partial charge >= 0.3 is 0 Å². The molecular weight excluding hydrogens is 300 g/mol. The molecule has 1 atom stereocenters. The SMILES string of the molecule is C=CCN(Cc1ccc(OC)cc1)C(=O)CC(C)C1CCNCC1. The monoisotopic (exact) mass is 330 g/mol. The number of amides is 1. The molecule has 1 amide bonds. The second kappa shape index (κ2) is 9.48. The molecular formula is C20H30N2O2. The quantitative estimate of drug-likeness (QED) is 0.744. The number of methoxy groups -OCH3 is 1. The summed E-state index contributed by atoms with van der Waals surface area (Å²) in [4.78, 5) is 14.6. The van der Waals surface area contributed by atoms with Crippen LogP contribution in [0.15, 0.2) is 36.9 Å². The Balaban J connectivity index is 1.94. The number of benzene rings is 1. The van der Waals surface area contributed by atoms with Crippen LogP contribution in [0, 0.1) is 11.8 Å². The van der Waals surface area contributed by atoms with Gasteiger partial charge in [0.25, 0.3) is 0 Å². The summed E-state index contributed by atoms with van der Waals surface area (Å²) in [6, 6.07) is 7.89. The van der Waals surface area contributed by atoms with Crippen molar-refractivity contribution in [3.63, 3.8) is 0 Å². The Hall–Kier alpha value is -1.81. The summed E-state index contributed by atoms with van der Waals surface area (Å²) < 4.78 is 5.19. The highest BCUT2D eigenvalue weighted by Crippen LogP contribution is 2.25. The standard InChI is InChI=1S/C20H30N2O2/c1-4-13-22(15-17-5-7-19(24-3)8-6-17)20(23)14-16(2)18-9-11-21-12-10-18/h4-8,16,18,21H,1,9-15H2,2-3H3. The first kappa shape index (κ1) is 18.5. The molecule has 1 aromatic carbocycles. The van der Waals surface area contributed by atoms with Crippen molar-refractivity contribution in [3.05, 3.63) is 42.5 Å². The molecule has 0 aromatic heterocycles. The number of carbonyl (C=O) groups is 1. The predicted octanol–water partition coefficient (Wildman–Crippen LogP) is 3.24. The van der Waals surface area contributed by atoms with Gasteiger partial charge in [-0.25, -0.2) is 0 Å². The van der Waals surface area contributed by atoms with E-state index in [0.717, 1.165) is 24.4 Å². The second-order valence-electron chi connectivity index (χ2n) is 6.68.